The number of aromatic nitrogens is 1. The van der Waals surface area contributed by atoms with E-state index in [-0.39, 0.29) is 5.91 Å². The molecular weight excluding hydrogens is 539 g/mol. The molecule has 0 bridgehead atoms. The van der Waals surface area contributed by atoms with E-state index in [1.807, 2.05) is 61.2 Å². The molecule has 0 atom stereocenters. The van der Waals surface area contributed by atoms with Crippen LogP contribution in [0.2, 0.25) is 5.02 Å². The van der Waals surface area contributed by atoms with Gasteiger partial charge in [0, 0.05) is 17.8 Å². The average molecular weight is 563 g/mol. The van der Waals surface area contributed by atoms with Gasteiger partial charge in [0.05, 0.1) is 27.8 Å². The van der Waals surface area contributed by atoms with Gasteiger partial charge >= 0.3 is 0 Å². The maximum absolute atomic E-state index is 13.4. The Hall–Kier alpha value is -2.32. The second-order valence-corrected chi connectivity index (χ2v) is 9.40. The Morgan fingerprint density at radius 1 is 1.19 bits per heavy atom. The fourth-order valence-corrected chi connectivity index (χ4v) is 5.40. The number of pyridine rings is 1. The normalized spacial score (nSPS) is 13.2. The number of fused-ring (bicyclic) bond motifs is 1. The molecule has 32 heavy (non-hydrogen) atoms. The Bertz CT molecular complexity index is 1170. The van der Waals surface area contributed by atoms with Gasteiger partial charge < -0.3 is 14.4 Å². The van der Waals surface area contributed by atoms with Gasteiger partial charge in [-0.2, -0.15) is 0 Å². The lowest BCUT2D eigenvalue weighted by molar-refractivity contribution is 0.0724. The standard InChI is InChI=1S/C25H24ClIN2O3/c1-15-11-16(2)28-24(32-14-17-7-5-4-6-8-17)19(15)13-29-10-9-18-12-20(27)23(31-3)22(26)21(18)25(29)30/h4-8,11-12H,9-10,13-14H2,1-3H3. The van der Waals surface area contributed by atoms with Crippen LogP contribution in [-0.4, -0.2) is 29.4 Å². The summed E-state index contributed by atoms with van der Waals surface area (Å²) in [6, 6.07) is 14.0. The molecule has 1 amide bonds. The average Bonchev–Trinajstić information content (AvgIpc) is 2.76. The van der Waals surface area contributed by atoms with E-state index in [1.54, 1.807) is 7.11 Å². The van der Waals surface area contributed by atoms with Crippen LogP contribution < -0.4 is 9.47 Å². The minimum Gasteiger partial charge on any atom is -0.494 e. The summed E-state index contributed by atoms with van der Waals surface area (Å²) in [6.45, 7) is 5.41. The molecule has 0 unspecified atom stereocenters. The van der Waals surface area contributed by atoms with Crippen LogP contribution in [0.25, 0.3) is 0 Å². The molecule has 0 saturated carbocycles. The van der Waals surface area contributed by atoms with E-state index >= 15 is 0 Å². The lowest BCUT2D eigenvalue weighted by atomic mass is 9.97. The number of benzene rings is 2. The molecule has 0 saturated heterocycles. The van der Waals surface area contributed by atoms with Crippen molar-refractivity contribution in [1.82, 2.24) is 9.88 Å². The topological polar surface area (TPSA) is 51.7 Å². The van der Waals surface area contributed by atoms with Crippen LogP contribution in [0.3, 0.4) is 0 Å². The highest BCUT2D eigenvalue weighted by Gasteiger charge is 2.30. The maximum atomic E-state index is 13.4. The molecule has 0 fully saturated rings. The zero-order valence-corrected chi connectivity index (χ0v) is 21.2. The largest absolute Gasteiger partial charge is 0.494 e. The minimum atomic E-state index is -0.0973. The third kappa shape index (κ3) is 4.57. The number of hydrogen-bond donors (Lipinski definition) is 0. The number of carbonyl (C=O) groups is 1. The van der Waals surface area contributed by atoms with Crippen molar-refractivity contribution in [2.45, 2.75) is 33.4 Å². The van der Waals surface area contributed by atoms with E-state index in [0.717, 1.165) is 37.9 Å². The smallest absolute Gasteiger partial charge is 0.256 e. The lowest BCUT2D eigenvalue weighted by Gasteiger charge is -2.31. The predicted octanol–water partition coefficient (Wildman–Crippen LogP) is 5.74. The molecule has 7 heteroatoms. The van der Waals surface area contributed by atoms with Crippen LogP contribution in [-0.2, 0) is 19.6 Å². The molecule has 2 heterocycles. The van der Waals surface area contributed by atoms with E-state index in [4.69, 9.17) is 21.1 Å². The molecular formula is C25H24ClIN2O3. The van der Waals surface area contributed by atoms with Crippen LogP contribution in [0.4, 0.5) is 0 Å². The molecule has 3 aromatic rings. The number of ether oxygens (including phenoxy) is 2. The van der Waals surface area contributed by atoms with E-state index in [0.29, 0.717) is 41.9 Å². The van der Waals surface area contributed by atoms with Crippen LogP contribution >= 0.6 is 34.2 Å². The highest BCUT2D eigenvalue weighted by molar-refractivity contribution is 14.1. The SMILES string of the molecule is COc1c(I)cc2c(c1Cl)C(=O)N(Cc1c(C)cc(C)nc1OCc1ccccc1)CC2. The minimum absolute atomic E-state index is 0.0973. The Kier molecular flexibility index (Phi) is 6.90. The van der Waals surface area contributed by atoms with Crippen molar-refractivity contribution in [3.05, 3.63) is 84.6 Å². The molecule has 5 nitrogen and oxygen atoms in total. The number of methoxy groups -OCH3 is 1. The molecule has 166 valence electrons. The quantitative estimate of drug-likeness (QED) is 0.360. The van der Waals surface area contributed by atoms with Gasteiger partial charge in [-0.15, -0.1) is 0 Å². The summed E-state index contributed by atoms with van der Waals surface area (Å²) in [6.07, 6.45) is 0.735. The molecule has 2 aromatic carbocycles. The van der Waals surface area contributed by atoms with E-state index in [2.05, 4.69) is 27.6 Å². The summed E-state index contributed by atoms with van der Waals surface area (Å²) >= 11 is 8.77. The van der Waals surface area contributed by atoms with Crippen molar-refractivity contribution in [3.8, 4) is 11.6 Å². The predicted molar refractivity (Wildman–Crippen MR) is 134 cm³/mol. The number of carbonyl (C=O) groups excluding carboxylic acids is 1. The fraction of sp³-hybridized carbons (Fsp3) is 0.280. The Labute approximate surface area is 206 Å². The Balaban J connectivity index is 1.63. The van der Waals surface area contributed by atoms with Gasteiger partial charge in [0.2, 0.25) is 5.88 Å². The molecule has 0 spiro atoms. The summed E-state index contributed by atoms with van der Waals surface area (Å²) in [4.78, 5) is 19.9. The van der Waals surface area contributed by atoms with Crippen molar-refractivity contribution in [3.63, 3.8) is 0 Å². The van der Waals surface area contributed by atoms with Crippen molar-refractivity contribution in [1.29, 1.82) is 0 Å². The highest BCUT2D eigenvalue weighted by atomic mass is 127. The zero-order valence-electron chi connectivity index (χ0n) is 18.2. The van der Waals surface area contributed by atoms with Gasteiger partial charge in [0.15, 0.2) is 5.75 Å². The summed E-state index contributed by atoms with van der Waals surface area (Å²) in [7, 11) is 1.57. The van der Waals surface area contributed by atoms with Crippen molar-refractivity contribution in [2.75, 3.05) is 13.7 Å². The third-order valence-electron chi connectivity index (χ3n) is 5.62. The van der Waals surface area contributed by atoms with Crippen molar-refractivity contribution >= 4 is 40.1 Å². The van der Waals surface area contributed by atoms with Crippen LogP contribution in [0.1, 0.15) is 38.3 Å². The lowest BCUT2D eigenvalue weighted by Crippen LogP contribution is -2.37. The second-order valence-electron chi connectivity index (χ2n) is 7.85. The summed E-state index contributed by atoms with van der Waals surface area (Å²) < 4.78 is 12.4. The first-order chi connectivity index (χ1) is 15.4. The van der Waals surface area contributed by atoms with Gasteiger partial charge in [-0.05, 0) is 71.7 Å². The first kappa shape index (κ1) is 22.9. The third-order valence-corrected chi connectivity index (χ3v) is 6.78. The Morgan fingerprint density at radius 2 is 1.94 bits per heavy atom. The summed E-state index contributed by atoms with van der Waals surface area (Å²) in [5.41, 5.74) is 5.39. The summed E-state index contributed by atoms with van der Waals surface area (Å²) in [5.74, 6) is 1.01. The highest BCUT2D eigenvalue weighted by Crippen LogP contribution is 2.38. The van der Waals surface area contributed by atoms with Gasteiger partial charge in [-0.3, -0.25) is 4.79 Å². The summed E-state index contributed by atoms with van der Waals surface area (Å²) in [5, 5.41) is 0.378. The van der Waals surface area contributed by atoms with Crippen molar-refractivity contribution < 1.29 is 14.3 Å². The van der Waals surface area contributed by atoms with Gasteiger partial charge in [0.1, 0.15) is 6.61 Å². The monoisotopic (exact) mass is 562 g/mol. The molecule has 0 radical (unpaired) electrons. The second kappa shape index (κ2) is 9.67. The van der Waals surface area contributed by atoms with Crippen molar-refractivity contribution in [2.24, 2.45) is 0 Å². The number of amides is 1. The maximum Gasteiger partial charge on any atom is 0.256 e. The molecule has 1 aromatic heterocycles. The molecule has 0 N–H and O–H groups in total. The number of aryl methyl sites for hydroxylation is 2. The van der Waals surface area contributed by atoms with Gasteiger partial charge in [-0.1, -0.05) is 41.9 Å². The zero-order chi connectivity index (χ0) is 22.8. The number of halogens is 2. The van der Waals surface area contributed by atoms with E-state index < -0.39 is 0 Å². The van der Waals surface area contributed by atoms with Crippen LogP contribution in [0, 0.1) is 17.4 Å². The first-order valence-corrected chi connectivity index (χ1v) is 11.8. The number of rotatable bonds is 6. The fourth-order valence-electron chi connectivity index (χ4n) is 3.99. The van der Waals surface area contributed by atoms with Gasteiger partial charge in [-0.25, -0.2) is 4.98 Å². The van der Waals surface area contributed by atoms with Crippen LogP contribution in [0.15, 0.2) is 42.5 Å². The van der Waals surface area contributed by atoms with E-state index in [9.17, 15) is 4.79 Å². The number of hydrogen-bond acceptors (Lipinski definition) is 4. The first-order valence-electron chi connectivity index (χ1n) is 10.4. The molecule has 1 aliphatic rings. The molecule has 0 aliphatic carbocycles. The van der Waals surface area contributed by atoms with Crippen LogP contribution in [0.5, 0.6) is 11.6 Å². The molecule has 1 aliphatic heterocycles. The Morgan fingerprint density at radius 3 is 2.66 bits per heavy atom. The van der Waals surface area contributed by atoms with Gasteiger partial charge in [0.25, 0.3) is 5.91 Å². The van der Waals surface area contributed by atoms with E-state index in [1.165, 1.54) is 0 Å². The molecule has 4 rings (SSSR count). The number of nitrogens with zero attached hydrogens (tertiary/aromatic N) is 2.